The lowest BCUT2D eigenvalue weighted by atomic mass is 10.2. The first kappa shape index (κ1) is 22.1. The van der Waals surface area contributed by atoms with Gasteiger partial charge in [0.1, 0.15) is 5.75 Å². The number of benzene rings is 3. The molecule has 0 aliphatic carbocycles. The number of carbonyl (C=O) groups is 2. The van der Waals surface area contributed by atoms with Gasteiger partial charge in [-0.3, -0.25) is 9.59 Å². The molecule has 0 atom stereocenters. The molecule has 0 heterocycles. The third-order valence-corrected chi connectivity index (χ3v) is 5.11. The van der Waals surface area contributed by atoms with Gasteiger partial charge in [-0.1, -0.05) is 35.9 Å². The Labute approximate surface area is 185 Å². The minimum atomic E-state index is -0.233. The van der Waals surface area contributed by atoms with Gasteiger partial charge in [-0.25, -0.2) is 5.43 Å². The highest BCUT2D eigenvalue weighted by atomic mass is 32.2. The number of hydrogen-bond acceptors (Lipinski definition) is 5. The molecule has 3 aromatic carbocycles. The van der Waals surface area contributed by atoms with Crippen molar-refractivity contribution in [1.82, 2.24) is 5.43 Å². The van der Waals surface area contributed by atoms with Gasteiger partial charge in [-0.15, -0.1) is 11.8 Å². The summed E-state index contributed by atoms with van der Waals surface area (Å²) in [6.07, 6.45) is 1.56. The summed E-state index contributed by atoms with van der Waals surface area (Å²) < 4.78 is 5.49. The van der Waals surface area contributed by atoms with E-state index in [1.54, 1.807) is 30.5 Å². The van der Waals surface area contributed by atoms with Gasteiger partial charge in [0, 0.05) is 10.6 Å². The Morgan fingerprint density at radius 3 is 2.35 bits per heavy atom. The fourth-order valence-electron chi connectivity index (χ4n) is 2.51. The van der Waals surface area contributed by atoms with Crippen molar-refractivity contribution in [3.05, 3.63) is 90.0 Å². The van der Waals surface area contributed by atoms with Gasteiger partial charge in [-0.2, -0.15) is 5.10 Å². The molecule has 158 valence electrons. The first-order valence-electron chi connectivity index (χ1n) is 9.67. The van der Waals surface area contributed by atoms with Crippen molar-refractivity contribution in [2.45, 2.75) is 11.8 Å². The molecule has 3 aromatic rings. The Kier molecular flexibility index (Phi) is 8.25. The van der Waals surface area contributed by atoms with Crippen LogP contribution in [0.15, 0.2) is 88.9 Å². The smallest absolute Gasteiger partial charge is 0.262 e. The predicted octanol–water partition coefficient (Wildman–Crippen LogP) is 4.25. The van der Waals surface area contributed by atoms with Crippen molar-refractivity contribution in [2.24, 2.45) is 5.10 Å². The van der Waals surface area contributed by atoms with Crippen LogP contribution in [-0.2, 0) is 9.59 Å². The van der Waals surface area contributed by atoms with Crippen LogP contribution in [0.3, 0.4) is 0 Å². The molecule has 0 aromatic heterocycles. The molecule has 0 unspecified atom stereocenters. The normalized spacial score (nSPS) is 10.6. The summed E-state index contributed by atoms with van der Waals surface area (Å²) in [6, 6.07) is 24.3. The topological polar surface area (TPSA) is 79.8 Å². The lowest BCUT2D eigenvalue weighted by Crippen LogP contribution is -2.20. The molecule has 3 rings (SSSR count). The van der Waals surface area contributed by atoms with E-state index in [9.17, 15) is 9.59 Å². The summed E-state index contributed by atoms with van der Waals surface area (Å²) in [6.45, 7) is 1.94. The van der Waals surface area contributed by atoms with Crippen LogP contribution in [0.5, 0.6) is 5.75 Å². The molecule has 0 saturated carbocycles. The highest BCUT2D eigenvalue weighted by Gasteiger charge is 2.04. The van der Waals surface area contributed by atoms with Crippen molar-refractivity contribution in [3.8, 4) is 5.75 Å². The fourth-order valence-corrected chi connectivity index (χ4v) is 3.20. The Bertz CT molecular complexity index is 1020. The van der Waals surface area contributed by atoms with Crippen LogP contribution in [0.2, 0.25) is 0 Å². The van der Waals surface area contributed by atoms with Crippen LogP contribution in [0.4, 0.5) is 5.69 Å². The number of aryl methyl sites for hydroxylation is 1. The number of ether oxygens (including phenoxy) is 1. The van der Waals surface area contributed by atoms with E-state index in [1.165, 1.54) is 17.3 Å². The second-order valence-electron chi connectivity index (χ2n) is 6.67. The lowest BCUT2D eigenvalue weighted by molar-refractivity contribution is -0.119. The zero-order valence-corrected chi connectivity index (χ0v) is 17.9. The second kappa shape index (κ2) is 11.6. The van der Waals surface area contributed by atoms with E-state index in [0.717, 1.165) is 16.1 Å². The van der Waals surface area contributed by atoms with Gasteiger partial charge >= 0.3 is 0 Å². The van der Waals surface area contributed by atoms with Crippen molar-refractivity contribution in [1.29, 1.82) is 0 Å². The van der Waals surface area contributed by atoms with E-state index in [2.05, 4.69) is 15.8 Å². The van der Waals surface area contributed by atoms with E-state index >= 15 is 0 Å². The van der Waals surface area contributed by atoms with E-state index in [-0.39, 0.29) is 24.2 Å². The maximum absolute atomic E-state index is 11.9. The molecule has 2 amide bonds. The van der Waals surface area contributed by atoms with Crippen LogP contribution < -0.4 is 15.5 Å². The van der Waals surface area contributed by atoms with Crippen molar-refractivity contribution in [3.63, 3.8) is 0 Å². The third-order valence-electron chi connectivity index (χ3n) is 4.10. The quantitative estimate of drug-likeness (QED) is 0.300. The summed E-state index contributed by atoms with van der Waals surface area (Å²) in [5.74, 6) is 0.450. The number of nitrogens with zero attached hydrogens (tertiary/aromatic N) is 1. The number of hydrazone groups is 1. The average molecular weight is 434 g/mol. The Morgan fingerprint density at radius 1 is 0.935 bits per heavy atom. The molecule has 6 nitrogen and oxygen atoms in total. The first-order chi connectivity index (χ1) is 15.1. The maximum Gasteiger partial charge on any atom is 0.262 e. The molecule has 0 spiro atoms. The minimum absolute atomic E-state index is 0.0863. The standard InChI is InChI=1S/C24H23N3O3S/c1-18-7-13-22(14-8-18)31-17-24(29)27-25-15-19-9-11-21(12-10-19)30-16-23(28)26-20-5-3-2-4-6-20/h2-15H,16-17H2,1H3,(H,26,28)(H,27,29)/b25-15+. The van der Waals surface area contributed by atoms with Crippen LogP contribution in [0, 0.1) is 6.92 Å². The largest absolute Gasteiger partial charge is 0.484 e. The highest BCUT2D eigenvalue weighted by molar-refractivity contribution is 8.00. The molecule has 0 aliphatic rings. The fraction of sp³-hybridized carbons (Fsp3) is 0.125. The monoisotopic (exact) mass is 433 g/mol. The van der Waals surface area contributed by atoms with Gasteiger partial charge in [0.15, 0.2) is 6.61 Å². The van der Waals surface area contributed by atoms with Crippen molar-refractivity contribution >= 4 is 35.5 Å². The second-order valence-corrected chi connectivity index (χ2v) is 7.72. The average Bonchev–Trinajstić information content (AvgIpc) is 2.79. The van der Waals surface area contributed by atoms with Crippen LogP contribution in [0.1, 0.15) is 11.1 Å². The van der Waals surface area contributed by atoms with Crippen LogP contribution >= 0.6 is 11.8 Å². The molecular weight excluding hydrogens is 410 g/mol. The SMILES string of the molecule is Cc1ccc(SCC(=O)N/N=C/c2ccc(OCC(=O)Nc3ccccc3)cc2)cc1. The predicted molar refractivity (Wildman–Crippen MR) is 125 cm³/mol. The number of para-hydroxylation sites is 1. The van der Waals surface area contributed by atoms with Gasteiger partial charge in [0.25, 0.3) is 5.91 Å². The molecule has 0 saturated heterocycles. The molecule has 7 heteroatoms. The molecule has 2 N–H and O–H groups in total. The molecular formula is C24H23N3O3S. The molecule has 0 radical (unpaired) electrons. The first-order valence-corrected chi connectivity index (χ1v) is 10.7. The van der Waals surface area contributed by atoms with Gasteiger partial charge in [0.2, 0.25) is 5.91 Å². The number of hydrogen-bond donors (Lipinski definition) is 2. The van der Waals surface area contributed by atoms with Gasteiger partial charge in [-0.05, 0) is 61.0 Å². The van der Waals surface area contributed by atoms with Gasteiger partial charge in [0.05, 0.1) is 12.0 Å². The molecule has 0 fully saturated rings. The highest BCUT2D eigenvalue weighted by Crippen LogP contribution is 2.17. The summed E-state index contributed by atoms with van der Waals surface area (Å²) in [7, 11) is 0. The summed E-state index contributed by atoms with van der Waals surface area (Å²) in [4.78, 5) is 24.9. The van der Waals surface area contributed by atoms with E-state index in [0.29, 0.717) is 5.75 Å². The maximum atomic E-state index is 11.9. The zero-order chi connectivity index (χ0) is 21.9. The Morgan fingerprint density at radius 2 is 1.65 bits per heavy atom. The summed E-state index contributed by atoms with van der Waals surface area (Å²) in [5.41, 5.74) is 5.22. The number of carbonyl (C=O) groups excluding carboxylic acids is 2. The van der Waals surface area contributed by atoms with Crippen molar-refractivity contribution in [2.75, 3.05) is 17.7 Å². The van der Waals surface area contributed by atoms with E-state index < -0.39 is 0 Å². The summed E-state index contributed by atoms with van der Waals surface area (Å²) in [5, 5.41) is 6.73. The molecule has 0 bridgehead atoms. The lowest BCUT2D eigenvalue weighted by Gasteiger charge is -2.07. The van der Waals surface area contributed by atoms with E-state index in [4.69, 9.17) is 4.74 Å². The molecule has 31 heavy (non-hydrogen) atoms. The number of thioether (sulfide) groups is 1. The van der Waals surface area contributed by atoms with E-state index in [1.807, 2.05) is 61.5 Å². The van der Waals surface area contributed by atoms with Crippen LogP contribution in [0.25, 0.3) is 0 Å². The Hall–Kier alpha value is -3.58. The van der Waals surface area contributed by atoms with Gasteiger partial charge < -0.3 is 10.1 Å². The minimum Gasteiger partial charge on any atom is -0.484 e. The summed E-state index contributed by atoms with van der Waals surface area (Å²) >= 11 is 1.46. The zero-order valence-electron chi connectivity index (χ0n) is 17.1. The third kappa shape index (κ3) is 7.98. The number of nitrogens with one attached hydrogen (secondary N) is 2. The molecule has 0 aliphatic heterocycles. The Balaban J connectivity index is 1.38. The number of rotatable bonds is 9. The van der Waals surface area contributed by atoms with Crippen LogP contribution in [-0.4, -0.2) is 30.4 Å². The van der Waals surface area contributed by atoms with Crippen molar-refractivity contribution < 1.29 is 14.3 Å². The number of amides is 2. The number of anilines is 1.